The van der Waals surface area contributed by atoms with Crippen molar-refractivity contribution in [3.8, 4) is 11.5 Å². The van der Waals surface area contributed by atoms with Crippen LogP contribution in [-0.4, -0.2) is 57.8 Å². The van der Waals surface area contributed by atoms with Crippen LogP contribution in [0.4, 0.5) is 13.2 Å². The van der Waals surface area contributed by atoms with Gasteiger partial charge in [0.05, 0.1) is 17.9 Å². The first-order valence-electron chi connectivity index (χ1n) is 10.1. The molecule has 2 aromatic carbocycles. The predicted molar refractivity (Wildman–Crippen MR) is 114 cm³/mol. The van der Waals surface area contributed by atoms with Crippen LogP contribution in [0.1, 0.15) is 11.4 Å². The molecular weight excluding hydrogens is 441 g/mol. The van der Waals surface area contributed by atoms with Gasteiger partial charge in [-0.05, 0) is 30.3 Å². The van der Waals surface area contributed by atoms with Crippen LogP contribution in [-0.2, 0) is 17.5 Å². The SMILES string of the molecule is O=C(CSc1ccccc1)N1CCN(Cc2noc(-c3cccc(C(F)(F)F)c3)n2)CC1. The number of hydrogen-bond acceptors (Lipinski definition) is 6. The smallest absolute Gasteiger partial charge is 0.339 e. The second kappa shape index (κ2) is 9.74. The van der Waals surface area contributed by atoms with Gasteiger partial charge in [-0.25, -0.2) is 0 Å². The zero-order valence-corrected chi connectivity index (χ0v) is 17.9. The summed E-state index contributed by atoms with van der Waals surface area (Å²) < 4.78 is 43.9. The molecule has 168 valence electrons. The van der Waals surface area contributed by atoms with Crippen molar-refractivity contribution in [2.45, 2.75) is 17.6 Å². The van der Waals surface area contributed by atoms with E-state index in [-0.39, 0.29) is 17.4 Å². The molecule has 2 heterocycles. The number of benzene rings is 2. The van der Waals surface area contributed by atoms with Gasteiger partial charge in [0.15, 0.2) is 5.82 Å². The van der Waals surface area contributed by atoms with Crippen molar-refractivity contribution in [3.05, 3.63) is 66.0 Å². The minimum absolute atomic E-state index is 0.0536. The van der Waals surface area contributed by atoms with Gasteiger partial charge < -0.3 is 9.42 Å². The molecule has 32 heavy (non-hydrogen) atoms. The van der Waals surface area contributed by atoms with Gasteiger partial charge in [-0.2, -0.15) is 18.2 Å². The number of aromatic nitrogens is 2. The fourth-order valence-electron chi connectivity index (χ4n) is 3.37. The monoisotopic (exact) mass is 462 g/mol. The molecule has 0 atom stereocenters. The second-order valence-corrected chi connectivity index (χ2v) is 8.40. The molecule has 1 aromatic heterocycles. The molecule has 0 bridgehead atoms. The summed E-state index contributed by atoms with van der Waals surface area (Å²) in [6, 6.07) is 14.6. The van der Waals surface area contributed by atoms with E-state index in [2.05, 4.69) is 15.0 Å². The molecule has 4 rings (SSSR count). The van der Waals surface area contributed by atoms with Gasteiger partial charge in [-0.1, -0.05) is 29.4 Å². The maximum atomic E-state index is 12.9. The number of alkyl halides is 3. The Morgan fingerprint density at radius 1 is 1.03 bits per heavy atom. The number of hydrogen-bond donors (Lipinski definition) is 0. The van der Waals surface area contributed by atoms with Crippen molar-refractivity contribution in [3.63, 3.8) is 0 Å². The highest BCUT2D eigenvalue weighted by atomic mass is 32.2. The van der Waals surface area contributed by atoms with Gasteiger partial charge in [0.25, 0.3) is 5.89 Å². The van der Waals surface area contributed by atoms with E-state index in [0.717, 1.165) is 17.0 Å². The van der Waals surface area contributed by atoms with Crippen molar-refractivity contribution in [1.82, 2.24) is 19.9 Å². The standard InChI is InChI=1S/C22H21F3N4O2S/c23-22(24,25)17-6-4-5-16(13-17)21-26-19(27-31-21)14-28-9-11-29(12-10-28)20(30)15-32-18-7-2-1-3-8-18/h1-8,13H,9-12,14-15H2. The van der Waals surface area contributed by atoms with Crippen LogP contribution in [0.25, 0.3) is 11.5 Å². The summed E-state index contributed by atoms with van der Waals surface area (Å²) in [7, 11) is 0. The third-order valence-corrected chi connectivity index (χ3v) is 6.10. The summed E-state index contributed by atoms with van der Waals surface area (Å²) in [6.45, 7) is 2.94. The number of halogens is 3. The summed E-state index contributed by atoms with van der Waals surface area (Å²) in [5, 5.41) is 3.90. The van der Waals surface area contributed by atoms with Gasteiger partial charge in [-0.15, -0.1) is 11.8 Å². The molecule has 1 aliphatic heterocycles. The van der Waals surface area contributed by atoms with Crippen molar-refractivity contribution >= 4 is 17.7 Å². The van der Waals surface area contributed by atoms with E-state index in [9.17, 15) is 18.0 Å². The Morgan fingerprint density at radius 3 is 2.50 bits per heavy atom. The number of rotatable bonds is 6. The van der Waals surface area contributed by atoms with E-state index in [1.807, 2.05) is 35.2 Å². The summed E-state index contributed by atoms with van der Waals surface area (Å²) in [4.78, 5) is 21.7. The number of carbonyl (C=O) groups is 1. The number of carbonyl (C=O) groups excluding carboxylic acids is 1. The molecule has 0 radical (unpaired) electrons. The normalized spacial score (nSPS) is 15.2. The Hall–Kier alpha value is -2.85. The molecule has 3 aromatic rings. The van der Waals surface area contributed by atoms with Crippen LogP contribution in [0, 0.1) is 0 Å². The second-order valence-electron chi connectivity index (χ2n) is 7.35. The van der Waals surface area contributed by atoms with Crippen LogP contribution in [0.3, 0.4) is 0 Å². The summed E-state index contributed by atoms with van der Waals surface area (Å²) in [5.41, 5.74) is -0.536. The third kappa shape index (κ3) is 5.68. The van der Waals surface area contributed by atoms with Crippen molar-refractivity contribution in [2.75, 3.05) is 31.9 Å². The van der Waals surface area contributed by atoms with E-state index in [1.165, 1.54) is 23.9 Å². The van der Waals surface area contributed by atoms with Gasteiger partial charge in [0.2, 0.25) is 5.91 Å². The van der Waals surface area contributed by atoms with Gasteiger partial charge in [0, 0.05) is 36.6 Å². The lowest BCUT2D eigenvalue weighted by Gasteiger charge is -2.34. The molecule has 1 amide bonds. The topological polar surface area (TPSA) is 62.5 Å². The fraction of sp³-hybridized carbons (Fsp3) is 0.318. The molecule has 0 spiro atoms. The lowest BCUT2D eigenvalue weighted by molar-refractivity contribution is -0.137. The Morgan fingerprint density at radius 2 is 1.78 bits per heavy atom. The summed E-state index contributed by atoms with van der Waals surface area (Å²) >= 11 is 1.52. The van der Waals surface area contributed by atoms with Crippen LogP contribution < -0.4 is 0 Å². The Labute approximate surface area is 187 Å². The van der Waals surface area contributed by atoms with E-state index in [0.29, 0.717) is 44.3 Å². The Kier molecular flexibility index (Phi) is 6.80. The summed E-state index contributed by atoms with van der Waals surface area (Å²) in [6.07, 6.45) is -4.43. The van der Waals surface area contributed by atoms with Crippen molar-refractivity contribution < 1.29 is 22.5 Å². The quantitative estimate of drug-likeness (QED) is 0.512. The van der Waals surface area contributed by atoms with Gasteiger partial charge in [0.1, 0.15) is 0 Å². The first-order chi connectivity index (χ1) is 15.4. The lowest BCUT2D eigenvalue weighted by atomic mass is 10.1. The molecular formula is C22H21F3N4O2S. The Balaban J connectivity index is 1.28. The van der Waals surface area contributed by atoms with Crippen LogP contribution in [0.15, 0.2) is 64.0 Å². The maximum absolute atomic E-state index is 12.9. The molecule has 0 aliphatic carbocycles. The average molecular weight is 462 g/mol. The zero-order chi connectivity index (χ0) is 22.6. The van der Waals surface area contributed by atoms with E-state index >= 15 is 0 Å². The number of thioether (sulfide) groups is 1. The number of piperazine rings is 1. The average Bonchev–Trinajstić information content (AvgIpc) is 3.27. The van der Waals surface area contributed by atoms with Crippen molar-refractivity contribution in [1.29, 1.82) is 0 Å². The number of nitrogens with zero attached hydrogens (tertiary/aromatic N) is 4. The first kappa shape index (κ1) is 22.3. The highest BCUT2D eigenvalue weighted by molar-refractivity contribution is 8.00. The fourth-order valence-corrected chi connectivity index (χ4v) is 4.19. The van der Waals surface area contributed by atoms with Crippen LogP contribution in [0.2, 0.25) is 0 Å². The highest BCUT2D eigenvalue weighted by Gasteiger charge is 2.31. The highest BCUT2D eigenvalue weighted by Crippen LogP contribution is 2.31. The van der Waals surface area contributed by atoms with Crippen molar-refractivity contribution in [2.24, 2.45) is 0 Å². The molecule has 1 aliphatic rings. The molecule has 0 N–H and O–H groups in total. The Bertz CT molecular complexity index is 1050. The first-order valence-corrected chi connectivity index (χ1v) is 11.1. The minimum Gasteiger partial charge on any atom is -0.339 e. The lowest BCUT2D eigenvalue weighted by Crippen LogP contribution is -2.48. The predicted octanol–water partition coefficient (Wildman–Crippen LogP) is 4.19. The molecule has 1 fully saturated rings. The zero-order valence-electron chi connectivity index (χ0n) is 17.1. The van der Waals surface area contributed by atoms with E-state index < -0.39 is 11.7 Å². The van der Waals surface area contributed by atoms with Crippen LogP contribution >= 0.6 is 11.8 Å². The van der Waals surface area contributed by atoms with E-state index in [4.69, 9.17) is 4.52 Å². The third-order valence-electron chi connectivity index (χ3n) is 5.10. The minimum atomic E-state index is -4.43. The van der Waals surface area contributed by atoms with Gasteiger partial charge in [-0.3, -0.25) is 9.69 Å². The van der Waals surface area contributed by atoms with Gasteiger partial charge >= 0.3 is 6.18 Å². The summed E-state index contributed by atoms with van der Waals surface area (Å²) in [5.74, 6) is 0.953. The molecule has 0 saturated carbocycles. The maximum Gasteiger partial charge on any atom is 0.416 e. The molecule has 0 unspecified atom stereocenters. The molecule has 6 nitrogen and oxygen atoms in total. The van der Waals surface area contributed by atoms with E-state index in [1.54, 1.807) is 0 Å². The number of amides is 1. The largest absolute Gasteiger partial charge is 0.416 e. The molecule has 1 saturated heterocycles. The molecule has 10 heteroatoms. The van der Waals surface area contributed by atoms with Crippen LogP contribution in [0.5, 0.6) is 0 Å².